The van der Waals surface area contributed by atoms with Crippen molar-refractivity contribution in [2.45, 2.75) is 51.6 Å². The summed E-state index contributed by atoms with van der Waals surface area (Å²) in [4.78, 5) is 0. The Morgan fingerprint density at radius 2 is 2.12 bits per heavy atom. The molecule has 1 saturated carbocycles. The van der Waals surface area contributed by atoms with Crippen LogP contribution in [0.5, 0.6) is 0 Å². The van der Waals surface area contributed by atoms with Gasteiger partial charge < -0.3 is 16.2 Å². The standard InChI is InChI=1S/C14H28N2O/c1-11-4-3-5-13(8-11,10-15)14(17)6-7-16-9-12(14)2/h11-12,16-17H,3-10,15H2,1-2H3. The van der Waals surface area contributed by atoms with E-state index >= 15 is 0 Å². The summed E-state index contributed by atoms with van der Waals surface area (Å²) < 4.78 is 0. The van der Waals surface area contributed by atoms with E-state index in [1.807, 2.05) is 0 Å². The van der Waals surface area contributed by atoms with Crippen LogP contribution in [0.2, 0.25) is 0 Å². The summed E-state index contributed by atoms with van der Waals surface area (Å²) in [5, 5.41) is 14.6. The van der Waals surface area contributed by atoms with Crippen molar-refractivity contribution in [1.29, 1.82) is 0 Å². The van der Waals surface area contributed by atoms with E-state index in [0.29, 0.717) is 18.4 Å². The number of piperidine rings is 1. The number of nitrogens with one attached hydrogen (secondary N) is 1. The second-order valence-electron chi connectivity index (χ2n) is 6.47. The van der Waals surface area contributed by atoms with Gasteiger partial charge in [0.1, 0.15) is 0 Å². The molecule has 0 spiro atoms. The minimum atomic E-state index is -0.554. The summed E-state index contributed by atoms with van der Waals surface area (Å²) in [5.74, 6) is 1.02. The van der Waals surface area contributed by atoms with E-state index in [0.717, 1.165) is 32.4 Å². The van der Waals surface area contributed by atoms with Crippen molar-refractivity contribution in [3.05, 3.63) is 0 Å². The van der Waals surface area contributed by atoms with Crippen molar-refractivity contribution in [2.75, 3.05) is 19.6 Å². The Labute approximate surface area is 105 Å². The Morgan fingerprint density at radius 1 is 1.35 bits per heavy atom. The van der Waals surface area contributed by atoms with Gasteiger partial charge in [0.2, 0.25) is 0 Å². The molecule has 100 valence electrons. The lowest BCUT2D eigenvalue weighted by Crippen LogP contribution is -2.63. The van der Waals surface area contributed by atoms with E-state index in [1.165, 1.54) is 12.8 Å². The van der Waals surface area contributed by atoms with Crippen LogP contribution in [0, 0.1) is 17.3 Å². The zero-order chi connectivity index (χ0) is 12.5. The van der Waals surface area contributed by atoms with Crippen molar-refractivity contribution in [2.24, 2.45) is 23.0 Å². The monoisotopic (exact) mass is 240 g/mol. The van der Waals surface area contributed by atoms with E-state index in [-0.39, 0.29) is 5.41 Å². The molecule has 2 rings (SSSR count). The summed E-state index contributed by atoms with van der Waals surface area (Å²) in [6.45, 7) is 6.96. The van der Waals surface area contributed by atoms with E-state index in [4.69, 9.17) is 5.73 Å². The average molecular weight is 240 g/mol. The summed E-state index contributed by atoms with van der Waals surface area (Å²) in [6, 6.07) is 0. The third kappa shape index (κ3) is 2.13. The van der Waals surface area contributed by atoms with Gasteiger partial charge in [0.15, 0.2) is 0 Å². The van der Waals surface area contributed by atoms with Crippen LogP contribution in [-0.2, 0) is 0 Å². The van der Waals surface area contributed by atoms with Crippen LogP contribution in [0.25, 0.3) is 0 Å². The molecule has 0 aromatic heterocycles. The second-order valence-corrected chi connectivity index (χ2v) is 6.47. The molecule has 4 atom stereocenters. The predicted molar refractivity (Wildman–Crippen MR) is 70.7 cm³/mol. The fourth-order valence-corrected chi connectivity index (χ4v) is 4.22. The number of hydrogen-bond acceptors (Lipinski definition) is 3. The van der Waals surface area contributed by atoms with Crippen LogP contribution in [0.15, 0.2) is 0 Å². The highest BCUT2D eigenvalue weighted by Gasteiger charge is 2.54. The number of aliphatic hydroxyl groups is 1. The Balaban J connectivity index is 2.25. The molecule has 17 heavy (non-hydrogen) atoms. The van der Waals surface area contributed by atoms with Gasteiger partial charge in [-0.2, -0.15) is 0 Å². The predicted octanol–water partition coefficient (Wildman–Crippen LogP) is 1.50. The van der Waals surface area contributed by atoms with Gasteiger partial charge in [0, 0.05) is 18.5 Å². The van der Waals surface area contributed by atoms with Crippen molar-refractivity contribution in [3.8, 4) is 0 Å². The molecule has 4 unspecified atom stereocenters. The summed E-state index contributed by atoms with van der Waals surface area (Å²) in [6.07, 6.45) is 5.59. The Kier molecular flexibility index (Phi) is 3.81. The first kappa shape index (κ1) is 13.3. The molecule has 2 fully saturated rings. The average Bonchev–Trinajstić information content (AvgIpc) is 2.32. The van der Waals surface area contributed by atoms with E-state index < -0.39 is 5.60 Å². The zero-order valence-corrected chi connectivity index (χ0v) is 11.3. The van der Waals surface area contributed by atoms with Gasteiger partial charge in [-0.3, -0.25) is 0 Å². The maximum atomic E-state index is 11.2. The van der Waals surface area contributed by atoms with Gasteiger partial charge >= 0.3 is 0 Å². The lowest BCUT2D eigenvalue weighted by molar-refractivity contribution is -0.154. The minimum absolute atomic E-state index is 0.0355. The molecule has 1 saturated heterocycles. The molecule has 3 nitrogen and oxygen atoms in total. The van der Waals surface area contributed by atoms with Crippen LogP contribution < -0.4 is 11.1 Å². The van der Waals surface area contributed by atoms with Gasteiger partial charge in [-0.25, -0.2) is 0 Å². The normalized spacial score (nSPS) is 48.0. The summed E-state index contributed by atoms with van der Waals surface area (Å²) in [5.41, 5.74) is 5.51. The van der Waals surface area contributed by atoms with Gasteiger partial charge in [-0.15, -0.1) is 0 Å². The van der Waals surface area contributed by atoms with E-state index in [1.54, 1.807) is 0 Å². The van der Waals surface area contributed by atoms with Crippen LogP contribution in [0.1, 0.15) is 46.0 Å². The lowest BCUT2D eigenvalue weighted by atomic mass is 9.55. The smallest absolute Gasteiger partial charge is 0.0765 e. The summed E-state index contributed by atoms with van der Waals surface area (Å²) in [7, 11) is 0. The molecule has 0 bridgehead atoms. The SMILES string of the molecule is CC1CCCC(CN)(C2(O)CCNCC2C)C1. The molecular weight excluding hydrogens is 212 g/mol. The van der Waals surface area contributed by atoms with Crippen molar-refractivity contribution < 1.29 is 5.11 Å². The topological polar surface area (TPSA) is 58.3 Å². The molecule has 2 aliphatic rings. The number of rotatable bonds is 2. The first-order valence-electron chi connectivity index (χ1n) is 7.17. The molecule has 0 amide bonds. The minimum Gasteiger partial charge on any atom is -0.389 e. The van der Waals surface area contributed by atoms with Crippen molar-refractivity contribution in [1.82, 2.24) is 5.32 Å². The summed E-state index contributed by atoms with van der Waals surface area (Å²) >= 11 is 0. The van der Waals surface area contributed by atoms with E-state index in [9.17, 15) is 5.11 Å². The second kappa shape index (κ2) is 4.87. The van der Waals surface area contributed by atoms with Crippen LogP contribution >= 0.6 is 0 Å². The molecular formula is C14H28N2O. The van der Waals surface area contributed by atoms with Gasteiger partial charge in [0.25, 0.3) is 0 Å². The van der Waals surface area contributed by atoms with Crippen LogP contribution in [0.4, 0.5) is 0 Å². The van der Waals surface area contributed by atoms with Crippen LogP contribution in [0.3, 0.4) is 0 Å². The molecule has 0 aromatic rings. The highest BCUT2D eigenvalue weighted by molar-refractivity contribution is 5.06. The molecule has 1 aliphatic heterocycles. The van der Waals surface area contributed by atoms with Crippen molar-refractivity contribution >= 4 is 0 Å². The van der Waals surface area contributed by atoms with Crippen LogP contribution in [-0.4, -0.2) is 30.3 Å². The number of hydrogen-bond donors (Lipinski definition) is 3. The van der Waals surface area contributed by atoms with Crippen molar-refractivity contribution in [3.63, 3.8) is 0 Å². The third-order valence-electron chi connectivity index (χ3n) is 5.35. The molecule has 3 heteroatoms. The third-order valence-corrected chi connectivity index (χ3v) is 5.35. The largest absolute Gasteiger partial charge is 0.389 e. The fourth-order valence-electron chi connectivity index (χ4n) is 4.22. The highest BCUT2D eigenvalue weighted by atomic mass is 16.3. The molecule has 1 aliphatic carbocycles. The maximum Gasteiger partial charge on any atom is 0.0765 e. The Bertz CT molecular complexity index is 271. The fraction of sp³-hybridized carbons (Fsp3) is 1.00. The molecule has 0 radical (unpaired) electrons. The van der Waals surface area contributed by atoms with Gasteiger partial charge in [-0.05, 0) is 37.6 Å². The lowest BCUT2D eigenvalue weighted by Gasteiger charge is -2.55. The Hall–Kier alpha value is -0.120. The maximum absolute atomic E-state index is 11.2. The first-order valence-corrected chi connectivity index (χ1v) is 7.17. The quantitative estimate of drug-likeness (QED) is 0.685. The molecule has 4 N–H and O–H groups in total. The van der Waals surface area contributed by atoms with Gasteiger partial charge in [-0.1, -0.05) is 26.7 Å². The first-order chi connectivity index (χ1) is 8.04. The molecule has 1 heterocycles. The Morgan fingerprint density at radius 3 is 2.71 bits per heavy atom. The molecule has 0 aromatic carbocycles. The number of nitrogens with two attached hydrogens (primary N) is 1. The zero-order valence-electron chi connectivity index (χ0n) is 11.3. The van der Waals surface area contributed by atoms with E-state index in [2.05, 4.69) is 19.2 Å². The highest BCUT2D eigenvalue weighted by Crippen LogP contribution is 2.51. The van der Waals surface area contributed by atoms with Gasteiger partial charge in [0.05, 0.1) is 5.60 Å².